The molecule has 0 N–H and O–H groups in total. The Morgan fingerprint density at radius 2 is 2.16 bits per heavy atom. The number of nitrogens with zero attached hydrogens (tertiary/aromatic N) is 3. The van der Waals surface area contributed by atoms with E-state index >= 15 is 0 Å². The molecule has 3 heterocycles. The number of pyridine rings is 1. The second-order valence-electron chi connectivity index (χ2n) is 4.64. The number of fused-ring (bicyclic) bond motifs is 2. The standard InChI is InChI=1S/C14H10ClN3S/c15-13-9-2-1-3-10(9)17-14(18-13)8-6-12-11(16-7-8)4-5-19-12/h4-7H,1-3H2. The smallest absolute Gasteiger partial charge is 0.162 e. The van der Waals surface area contributed by atoms with E-state index in [0.29, 0.717) is 11.0 Å². The molecule has 0 unspecified atom stereocenters. The zero-order valence-electron chi connectivity index (χ0n) is 10.1. The summed E-state index contributed by atoms with van der Waals surface area (Å²) in [5.41, 5.74) is 4.17. The van der Waals surface area contributed by atoms with E-state index < -0.39 is 0 Å². The monoisotopic (exact) mass is 287 g/mol. The lowest BCUT2D eigenvalue weighted by Crippen LogP contribution is -1.97. The number of hydrogen-bond acceptors (Lipinski definition) is 4. The predicted octanol–water partition coefficient (Wildman–Crippen LogP) is 3.90. The second kappa shape index (κ2) is 4.25. The van der Waals surface area contributed by atoms with Crippen molar-refractivity contribution in [2.75, 3.05) is 0 Å². The van der Waals surface area contributed by atoms with Gasteiger partial charge >= 0.3 is 0 Å². The maximum atomic E-state index is 6.25. The minimum absolute atomic E-state index is 0.601. The summed E-state index contributed by atoms with van der Waals surface area (Å²) in [6.07, 6.45) is 4.94. The summed E-state index contributed by atoms with van der Waals surface area (Å²) >= 11 is 7.93. The molecule has 0 saturated heterocycles. The Bertz CT molecular complexity index is 781. The van der Waals surface area contributed by atoms with Crippen LogP contribution in [0.4, 0.5) is 0 Å². The number of halogens is 1. The Morgan fingerprint density at radius 3 is 3.11 bits per heavy atom. The van der Waals surface area contributed by atoms with Crippen LogP contribution in [0.2, 0.25) is 5.15 Å². The predicted molar refractivity (Wildman–Crippen MR) is 77.7 cm³/mol. The first-order valence-corrected chi connectivity index (χ1v) is 7.46. The van der Waals surface area contributed by atoms with Crippen molar-refractivity contribution >= 4 is 33.2 Å². The lowest BCUT2D eigenvalue weighted by molar-refractivity contribution is 0.900. The van der Waals surface area contributed by atoms with Gasteiger partial charge < -0.3 is 0 Å². The topological polar surface area (TPSA) is 38.7 Å². The molecule has 0 atom stereocenters. The number of hydrogen-bond donors (Lipinski definition) is 0. The highest BCUT2D eigenvalue weighted by Gasteiger charge is 2.19. The number of rotatable bonds is 1. The molecule has 1 aliphatic rings. The number of aryl methyl sites for hydroxylation is 1. The highest BCUT2D eigenvalue weighted by atomic mass is 35.5. The molecular formula is C14H10ClN3S. The molecule has 3 aromatic rings. The molecule has 0 fully saturated rings. The molecule has 1 aliphatic carbocycles. The van der Waals surface area contributed by atoms with Crippen molar-refractivity contribution in [2.45, 2.75) is 19.3 Å². The zero-order chi connectivity index (χ0) is 12.8. The highest BCUT2D eigenvalue weighted by molar-refractivity contribution is 7.17. The average Bonchev–Trinajstić information content (AvgIpc) is 3.06. The van der Waals surface area contributed by atoms with E-state index in [0.717, 1.165) is 46.3 Å². The highest BCUT2D eigenvalue weighted by Crippen LogP contribution is 2.30. The number of aromatic nitrogens is 3. The van der Waals surface area contributed by atoms with Gasteiger partial charge in [0.05, 0.1) is 10.2 Å². The lowest BCUT2D eigenvalue weighted by Gasteiger charge is -2.05. The molecule has 4 rings (SSSR count). The van der Waals surface area contributed by atoms with Crippen LogP contribution in [0, 0.1) is 0 Å². The van der Waals surface area contributed by atoms with Crippen molar-refractivity contribution in [3.05, 3.63) is 40.1 Å². The van der Waals surface area contributed by atoms with Gasteiger partial charge in [-0.1, -0.05) is 11.6 Å². The fourth-order valence-electron chi connectivity index (χ4n) is 2.48. The summed E-state index contributed by atoms with van der Waals surface area (Å²) in [4.78, 5) is 13.5. The van der Waals surface area contributed by atoms with E-state index in [-0.39, 0.29) is 0 Å². The van der Waals surface area contributed by atoms with Crippen molar-refractivity contribution in [3.63, 3.8) is 0 Å². The largest absolute Gasteiger partial charge is 0.255 e. The van der Waals surface area contributed by atoms with Crippen molar-refractivity contribution in [2.24, 2.45) is 0 Å². The summed E-state index contributed by atoms with van der Waals surface area (Å²) in [6.45, 7) is 0. The summed E-state index contributed by atoms with van der Waals surface area (Å²) in [5, 5.41) is 2.64. The van der Waals surface area contributed by atoms with Gasteiger partial charge in [0.1, 0.15) is 5.15 Å². The second-order valence-corrected chi connectivity index (χ2v) is 5.95. The quantitative estimate of drug-likeness (QED) is 0.637. The van der Waals surface area contributed by atoms with Gasteiger partial charge in [0.25, 0.3) is 0 Å². The van der Waals surface area contributed by atoms with Crippen LogP contribution in [0.5, 0.6) is 0 Å². The van der Waals surface area contributed by atoms with Crippen molar-refractivity contribution < 1.29 is 0 Å². The Hall–Kier alpha value is -1.52. The maximum Gasteiger partial charge on any atom is 0.162 e. The lowest BCUT2D eigenvalue weighted by atomic mass is 10.2. The van der Waals surface area contributed by atoms with Crippen LogP contribution in [0.15, 0.2) is 23.7 Å². The van der Waals surface area contributed by atoms with E-state index in [1.807, 2.05) is 17.6 Å². The van der Waals surface area contributed by atoms with Gasteiger partial charge in [0.2, 0.25) is 0 Å². The van der Waals surface area contributed by atoms with Gasteiger partial charge in [0.15, 0.2) is 5.82 Å². The van der Waals surface area contributed by atoms with Crippen LogP contribution in [-0.4, -0.2) is 15.0 Å². The van der Waals surface area contributed by atoms with Crippen LogP contribution in [-0.2, 0) is 12.8 Å². The van der Waals surface area contributed by atoms with E-state index in [9.17, 15) is 0 Å². The third-order valence-electron chi connectivity index (χ3n) is 3.44. The third kappa shape index (κ3) is 1.83. The molecule has 0 aromatic carbocycles. The molecule has 0 amide bonds. The fourth-order valence-corrected chi connectivity index (χ4v) is 3.55. The van der Waals surface area contributed by atoms with E-state index in [1.165, 1.54) is 0 Å². The maximum absolute atomic E-state index is 6.25. The fraction of sp³-hybridized carbons (Fsp3) is 0.214. The van der Waals surface area contributed by atoms with E-state index in [1.54, 1.807) is 11.3 Å². The van der Waals surface area contributed by atoms with Crippen molar-refractivity contribution in [1.29, 1.82) is 0 Å². The molecule has 0 aliphatic heterocycles. The van der Waals surface area contributed by atoms with Gasteiger partial charge in [-0.2, -0.15) is 0 Å². The summed E-state index contributed by atoms with van der Waals surface area (Å²) < 4.78 is 1.15. The van der Waals surface area contributed by atoms with Gasteiger partial charge in [0, 0.05) is 23.0 Å². The van der Waals surface area contributed by atoms with Gasteiger partial charge in [-0.15, -0.1) is 11.3 Å². The van der Waals surface area contributed by atoms with Crippen molar-refractivity contribution in [1.82, 2.24) is 15.0 Å². The molecular weight excluding hydrogens is 278 g/mol. The first kappa shape index (κ1) is 11.3. The van der Waals surface area contributed by atoms with E-state index in [4.69, 9.17) is 11.6 Å². The molecule has 94 valence electrons. The SMILES string of the molecule is Clc1nc(-c2cnc3ccsc3c2)nc2c1CCC2. The molecule has 5 heteroatoms. The normalized spacial score (nSPS) is 13.9. The first-order valence-electron chi connectivity index (χ1n) is 6.20. The Kier molecular flexibility index (Phi) is 2.53. The Balaban J connectivity index is 1.89. The summed E-state index contributed by atoms with van der Waals surface area (Å²) in [6, 6.07) is 4.10. The van der Waals surface area contributed by atoms with E-state index in [2.05, 4.69) is 21.0 Å². The minimum Gasteiger partial charge on any atom is -0.255 e. The molecule has 3 aromatic heterocycles. The zero-order valence-corrected chi connectivity index (χ0v) is 11.6. The molecule has 3 nitrogen and oxygen atoms in total. The first-order chi connectivity index (χ1) is 9.31. The molecule has 0 bridgehead atoms. The van der Waals surface area contributed by atoms with Crippen LogP contribution in [0.1, 0.15) is 17.7 Å². The molecule has 0 radical (unpaired) electrons. The van der Waals surface area contributed by atoms with Crippen LogP contribution in [0.25, 0.3) is 21.6 Å². The molecule has 19 heavy (non-hydrogen) atoms. The summed E-state index contributed by atoms with van der Waals surface area (Å²) in [7, 11) is 0. The Morgan fingerprint density at radius 1 is 1.21 bits per heavy atom. The third-order valence-corrected chi connectivity index (χ3v) is 4.61. The average molecular weight is 288 g/mol. The minimum atomic E-state index is 0.601. The van der Waals surface area contributed by atoms with Crippen LogP contribution in [0.3, 0.4) is 0 Å². The molecule has 0 saturated carbocycles. The molecule has 0 spiro atoms. The Labute approximate surface area is 119 Å². The number of thiophene rings is 1. The van der Waals surface area contributed by atoms with Gasteiger partial charge in [-0.05, 0) is 36.8 Å². The van der Waals surface area contributed by atoms with Crippen LogP contribution >= 0.6 is 22.9 Å². The van der Waals surface area contributed by atoms with Gasteiger partial charge in [-0.3, -0.25) is 4.98 Å². The van der Waals surface area contributed by atoms with Crippen LogP contribution < -0.4 is 0 Å². The van der Waals surface area contributed by atoms with Crippen molar-refractivity contribution in [3.8, 4) is 11.4 Å². The summed E-state index contributed by atoms with van der Waals surface area (Å²) in [5.74, 6) is 0.688. The van der Waals surface area contributed by atoms with Gasteiger partial charge in [-0.25, -0.2) is 9.97 Å².